The van der Waals surface area contributed by atoms with Gasteiger partial charge in [-0.15, -0.1) is 0 Å². The average Bonchev–Trinajstić information content (AvgIpc) is 3.74. The van der Waals surface area contributed by atoms with Crippen LogP contribution in [0.15, 0.2) is 173 Å². The zero-order valence-electron chi connectivity index (χ0n) is 37.2. The molecule has 1 saturated carbocycles. The van der Waals surface area contributed by atoms with Crippen LogP contribution in [0.3, 0.4) is 0 Å². The van der Waals surface area contributed by atoms with Crippen molar-refractivity contribution >= 4 is 72.7 Å². The Morgan fingerprint density at radius 3 is 1.32 bits per heavy atom. The number of fused-ring (bicyclic) bond motifs is 2. The molecule has 1 aliphatic carbocycles. The third-order valence-corrected chi connectivity index (χ3v) is 11.3. The van der Waals surface area contributed by atoms with Crippen molar-refractivity contribution in [1.82, 2.24) is 0 Å². The number of allylic oxidation sites excluding steroid dienone is 1. The minimum Gasteiger partial charge on any atom is -0.456 e. The number of furan rings is 2. The Morgan fingerprint density at radius 1 is 0.561 bits per heavy atom. The number of alkyl halides is 2. The molecular weight excluding hydrogens is 1060 g/mol. The van der Waals surface area contributed by atoms with Crippen molar-refractivity contribution in [3.05, 3.63) is 198 Å². The first kappa shape index (κ1) is 49.2. The Bertz CT molecular complexity index is 2550. The predicted molar refractivity (Wildman–Crippen MR) is 279 cm³/mol. The van der Waals surface area contributed by atoms with E-state index in [4.69, 9.17) is 27.8 Å². The van der Waals surface area contributed by atoms with Gasteiger partial charge in [-0.1, -0.05) is 173 Å². The molecule has 6 nitrogen and oxygen atoms in total. The summed E-state index contributed by atoms with van der Waals surface area (Å²) >= 11 is 4.55. The fraction of sp³-hybridized carbons (Fsp3) is 0.250. The lowest BCUT2D eigenvalue weighted by Gasteiger charge is -2.23. The molecular formula is C56H54F2I2O6. The molecule has 6 aromatic carbocycles. The van der Waals surface area contributed by atoms with Gasteiger partial charge in [0.05, 0.1) is 40.0 Å². The standard InChI is InChI=1S/2C18H15FO3.C10H12.C9H10.CH2I2/c2*19-15-10-13(18-20-8-3-9-21-18)6-7-14(15)17-11-12-4-1-2-5-16(12)22-17;1-10(7-8-10)9-5-3-2-4-6-9;1-8(2)9-6-4-3-5-7-9;2-1-3/h2*1-2,4-7,10-11,18H,3,8-9H2;2-6H,7-8H2,1H3;3-7H,1H2,2H3;1H2. The zero-order valence-corrected chi connectivity index (χ0v) is 41.5. The van der Waals surface area contributed by atoms with Gasteiger partial charge in [0.15, 0.2) is 12.6 Å². The van der Waals surface area contributed by atoms with Gasteiger partial charge < -0.3 is 27.8 Å². The molecule has 8 aromatic rings. The zero-order chi connectivity index (χ0) is 46.3. The van der Waals surface area contributed by atoms with Gasteiger partial charge in [0.2, 0.25) is 0 Å². The lowest BCUT2D eigenvalue weighted by Crippen LogP contribution is -2.17. The van der Waals surface area contributed by atoms with Crippen molar-refractivity contribution < 1.29 is 36.6 Å². The molecule has 2 aliphatic heterocycles. The van der Waals surface area contributed by atoms with E-state index in [0.29, 0.717) is 65.6 Å². The maximum absolute atomic E-state index is 14.4. The largest absolute Gasteiger partial charge is 0.456 e. The Kier molecular flexibility index (Phi) is 18.2. The van der Waals surface area contributed by atoms with E-state index in [-0.39, 0.29) is 11.6 Å². The molecule has 0 amide bonds. The van der Waals surface area contributed by atoms with Gasteiger partial charge in [0.1, 0.15) is 34.3 Å². The van der Waals surface area contributed by atoms with Crippen LogP contribution in [-0.4, -0.2) is 28.9 Å². The minimum atomic E-state index is -0.479. The highest BCUT2D eigenvalue weighted by molar-refractivity contribution is 14.2. The van der Waals surface area contributed by atoms with Crippen LogP contribution < -0.4 is 0 Å². The Hall–Kier alpha value is -4.70. The smallest absolute Gasteiger partial charge is 0.183 e. The summed E-state index contributed by atoms with van der Waals surface area (Å²) < 4.78 is 63.5. The highest BCUT2D eigenvalue weighted by Crippen LogP contribution is 2.47. The van der Waals surface area contributed by atoms with Crippen molar-refractivity contribution in [2.24, 2.45) is 0 Å². The van der Waals surface area contributed by atoms with Crippen LogP contribution >= 0.6 is 45.2 Å². The first-order valence-corrected chi connectivity index (χ1v) is 25.1. The molecule has 3 aliphatic rings. The first-order valence-electron chi connectivity index (χ1n) is 22.1. The maximum Gasteiger partial charge on any atom is 0.183 e. The van der Waals surface area contributed by atoms with Gasteiger partial charge in [0, 0.05) is 21.9 Å². The third-order valence-electron chi connectivity index (χ3n) is 11.3. The molecule has 0 bridgehead atoms. The summed E-state index contributed by atoms with van der Waals surface area (Å²) in [6, 6.07) is 49.9. The van der Waals surface area contributed by atoms with Gasteiger partial charge in [-0.2, -0.15) is 0 Å². The van der Waals surface area contributed by atoms with Gasteiger partial charge in [0.25, 0.3) is 0 Å². The fourth-order valence-electron chi connectivity index (χ4n) is 7.38. The van der Waals surface area contributed by atoms with Crippen molar-refractivity contribution in [2.75, 3.05) is 28.9 Å². The van der Waals surface area contributed by atoms with Crippen LogP contribution in [-0.2, 0) is 24.4 Å². The maximum atomic E-state index is 14.4. The highest BCUT2D eigenvalue weighted by atomic mass is 127. The summed E-state index contributed by atoms with van der Waals surface area (Å²) in [5.41, 5.74) is 8.16. The predicted octanol–water partition coefficient (Wildman–Crippen LogP) is 16.6. The van der Waals surface area contributed by atoms with Gasteiger partial charge >= 0.3 is 0 Å². The SMILES string of the molecule is C=C(C)c1ccccc1.CC1(c2ccccc2)CC1.Fc1cc(C2OCCCO2)ccc1-c1cc2ccccc2o1.Fc1cc(C2OCCCO2)ccc1-c1cc2ccccc2o1.ICI. The van der Waals surface area contributed by atoms with Gasteiger partial charge in [-0.3, -0.25) is 0 Å². The number of ether oxygens (including phenoxy) is 4. The van der Waals surface area contributed by atoms with Crippen molar-refractivity contribution in [3.63, 3.8) is 0 Å². The fourth-order valence-corrected chi connectivity index (χ4v) is 7.38. The molecule has 3 fully saturated rings. The lowest BCUT2D eigenvalue weighted by molar-refractivity contribution is -0.183. The van der Waals surface area contributed by atoms with E-state index in [2.05, 4.69) is 101 Å². The second kappa shape index (κ2) is 24.4. The second-order valence-corrected chi connectivity index (χ2v) is 20.7. The summed E-state index contributed by atoms with van der Waals surface area (Å²) in [4.78, 5) is 0. The van der Waals surface area contributed by atoms with E-state index in [1.165, 1.54) is 38.5 Å². The van der Waals surface area contributed by atoms with Crippen LogP contribution in [0, 0.1) is 11.6 Å². The number of benzene rings is 6. The molecule has 0 unspecified atom stereocenters. The van der Waals surface area contributed by atoms with Crippen LogP contribution in [0.1, 0.15) is 74.4 Å². The molecule has 0 spiro atoms. The Balaban J connectivity index is 0.000000137. The molecule has 2 saturated heterocycles. The van der Waals surface area contributed by atoms with Crippen LogP contribution in [0.4, 0.5) is 8.78 Å². The quantitative estimate of drug-likeness (QED) is 0.122. The first-order chi connectivity index (χ1) is 32.2. The molecule has 11 rings (SSSR count). The summed E-state index contributed by atoms with van der Waals surface area (Å²) in [6.45, 7) is 10.7. The second-order valence-electron chi connectivity index (χ2n) is 16.3. The summed E-state index contributed by atoms with van der Waals surface area (Å²) in [7, 11) is 0. The van der Waals surface area contributed by atoms with E-state index in [9.17, 15) is 8.78 Å². The highest BCUT2D eigenvalue weighted by Gasteiger charge is 2.38. The lowest BCUT2D eigenvalue weighted by atomic mass is 9.99. The van der Waals surface area contributed by atoms with Gasteiger partial charge in [-0.25, -0.2) is 8.78 Å². The topological polar surface area (TPSA) is 63.2 Å². The molecule has 4 heterocycles. The van der Waals surface area contributed by atoms with Crippen LogP contribution in [0.5, 0.6) is 0 Å². The summed E-state index contributed by atoms with van der Waals surface area (Å²) in [6.07, 6.45) is 3.53. The third kappa shape index (κ3) is 13.5. The number of rotatable bonds is 6. The summed E-state index contributed by atoms with van der Waals surface area (Å²) in [5.74, 6) is 0.370. The molecule has 2 aromatic heterocycles. The molecule has 0 N–H and O–H groups in total. The molecule has 0 atom stereocenters. The Morgan fingerprint density at radius 2 is 0.955 bits per heavy atom. The average molecular weight is 1110 g/mol. The van der Waals surface area contributed by atoms with Crippen LogP contribution in [0.25, 0.3) is 50.2 Å². The Labute approximate surface area is 413 Å². The van der Waals surface area contributed by atoms with E-state index >= 15 is 0 Å². The van der Waals surface area contributed by atoms with Crippen molar-refractivity contribution in [3.8, 4) is 22.6 Å². The van der Waals surface area contributed by atoms with E-state index in [1.54, 1.807) is 12.1 Å². The minimum absolute atomic E-state index is 0.339. The number of halogens is 4. The number of para-hydroxylation sites is 2. The van der Waals surface area contributed by atoms with Gasteiger partial charge in [-0.05, 0) is 97.7 Å². The van der Waals surface area contributed by atoms with Crippen molar-refractivity contribution in [1.29, 1.82) is 0 Å². The molecule has 0 radical (unpaired) electrons. The van der Waals surface area contributed by atoms with Crippen LogP contribution in [0.2, 0.25) is 0 Å². The molecule has 66 heavy (non-hydrogen) atoms. The number of hydrogen-bond acceptors (Lipinski definition) is 6. The van der Waals surface area contributed by atoms with E-state index in [0.717, 1.165) is 40.4 Å². The normalized spacial score (nSPS) is 15.4. The van der Waals surface area contributed by atoms with Crippen molar-refractivity contribution in [2.45, 2.75) is 57.5 Å². The van der Waals surface area contributed by atoms with E-state index in [1.807, 2.05) is 97.9 Å². The van der Waals surface area contributed by atoms with E-state index < -0.39 is 12.6 Å². The monoisotopic (exact) mass is 1110 g/mol. The number of hydrogen-bond donors (Lipinski definition) is 0. The summed E-state index contributed by atoms with van der Waals surface area (Å²) in [5, 5.41) is 1.92. The molecule has 342 valence electrons. The molecule has 10 heteroatoms.